The molecule has 0 aliphatic heterocycles. The largest absolute Gasteiger partial charge is 0.466 e. The lowest BCUT2D eigenvalue weighted by atomic mass is 9.99. The minimum absolute atomic E-state index is 0.410. The summed E-state index contributed by atoms with van der Waals surface area (Å²) < 4.78 is 10.3. The molecule has 0 radical (unpaired) electrons. The van der Waals surface area contributed by atoms with Gasteiger partial charge in [0.05, 0.1) is 12.0 Å². The van der Waals surface area contributed by atoms with E-state index < -0.39 is 5.60 Å². The molecule has 1 atom stereocenters. The zero-order valence-electron chi connectivity index (χ0n) is 8.02. The molecule has 1 unspecified atom stereocenters. The van der Waals surface area contributed by atoms with Gasteiger partial charge in [-0.1, -0.05) is 0 Å². The van der Waals surface area contributed by atoms with Gasteiger partial charge in [0.1, 0.15) is 5.76 Å². The van der Waals surface area contributed by atoms with Gasteiger partial charge >= 0.3 is 0 Å². The van der Waals surface area contributed by atoms with Crippen molar-refractivity contribution >= 4 is 0 Å². The van der Waals surface area contributed by atoms with E-state index in [1.807, 2.05) is 0 Å². The number of hydrogen-bond donors (Lipinski definition) is 1. The summed E-state index contributed by atoms with van der Waals surface area (Å²) in [4.78, 5) is 3.92. The number of aryl methyl sites for hydroxylation is 1. The molecule has 0 aromatic carbocycles. The van der Waals surface area contributed by atoms with Crippen LogP contribution in [0.25, 0.3) is 0 Å². The minimum Gasteiger partial charge on any atom is -0.466 e. The van der Waals surface area contributed by atoms with Crippen molar-refractivity contribution in [3.8, 4) is 0 Å². The summed E-state index contributed by atoms with van der Waals surface area (Å²) >= 11 is 0. The molecule has 4 heteroatoms. The zero-order valence-corrected chi connectivity index (χ0v) is 8.02. The number of aromatic nitrogens is 1. The molecule has 0 spiro atoms. The van der Waals surface area contributed by atoms with Crippen LogP contribution in [-0.2, 0) is 5.60 Å². The first-order valence-electron chi connectivity index (χ1n) is 4.29. The topological polar surface area (TPSA) is 59.4 Å². The van der Waals surface area contributed by atoms with Gasteiger partial charge in [0, 0.05) is 0 Å². The van der Waals surface area contributed by atoms with Gasteiger partial charge in [0.2, 0.25) is 0 Å². The quantitative estimate of drug-likeness (QED) is 0.790. The maximum Gasteiger partial charge on any atom is 0.181 e. The van der Waals surface area contributed by atoms with Crippen LogP contribution in [0.3, 0.4) is 0 Å². The van der Waals surface area contributed by atoms with Gasteiger partial charge in [-0.25, -0.2) is 4.98 Å². The fourth-order valence-corrected chi connectivity index (χ4v) is 1.44. The van der Waals surface area contributed by atoms with Crippen LogP contribution in [0.15, 0.2) is 33.6 Å². The molecule has 0 bridgehead atoms. The summed E-state index contributed by atoms with van der Waals surface area (Å²) in [7, 11) is 0. The predicted molar refractivity (Wildman–Crippen MR) is 48.6 cm³/mol. The third kappa shape index (κ3) is 1.24. The second kappa shape index (κ2) is 2.99. The molecule has 0 aliphatic carbocycles. The maximum absolute atomic E-state index is 10.2. The molecular formula is C10H11NO3. The van der Waals surface area contributed by atoms with E-state index in [1.54, 1.807) is 26.0 Å². The van der Waals surface area contributed by atoms with E-state index in [4.69, 9.17) is 8.83 Å². The molecule has 2 aromatic rings. The van der Waals surface area contributed by atoms with E-state index in [-0.39, 0.29) is 0 Å². The van der Waals surface area contributed by atoms with E-state index in [9.17, 15) is 5.11 Å². The monoisotopic (exact) mass is 193 g/mol. The highest BCUT2D eigenvalue weighted by Crippen LogP contribution is 2.30. The van der Waals surface area contributed by atoms with Crippen molar-refractivity contribution in [3.05, 3.63) is 42.0 Å². The highest BCUT2D eigenvalue weighted by molar-refractivity contribution is 5.24. The van der Waals surface area contributed by atoms with Gasteiger partial charge < -0.3 is 13.9 Å². The maximum atomic E-state index is 10.2. The van der Waals surface area contributed by atoms with Gasteiger partial charge in [0.15, 0.2) is 17.8 Å². The Morgan fingerprint density at radius 3 is 2.71 bits per heavy atom. The number of hydrogen-bond acceptors (Lipinski definition) is 4. The Labute approximate surface area is 81.2 Å². The first kappa shape index (κ1) is 9.02. The molecule has 14 heavy (non-hydrogen) atoms. The number of oxazole rings is 1. The van der Waals surface area contributed by atoms with Crippen LogP contribution in [0.1, 0.15) is 24.1 Å². The summed E-state index contributed by atoms with van der Waals surface area (Å²) in [6, 6.07) is 3.41. The van der Waals surface area contributed by atoms with Crippen LogP contribution in [-0.4, -0.2) is 10.1 Å². The van der Waals surface area contributed by atoms with Crippen molar-refractivity contribution in [2.45, 2.75) is 19.4 Å². The second-order valence-electron chi connectivity index (χ2n) is 3.32. The summed E-state index contributed by atoms with van der Waals surface area (Å²) in [5, 5.41) is 10.2. The molecule has 74 valence electrons. The Morgan fingerprint density at radius 1 is 1.43 bits per heavy atom. The molecular weight excluding hydrogens is 182 g/mol. The lowest BCUT2D eigenvalue weighted by Gasteiger charge is -2.17. The lowest BCUT2D eigenvalue weighted by Crippen LogP contribution is -2.22. The normalized spacial score (nSPS) is 15.4. The molecule has 2 rings (SSSR count). The van der Waals surface area contributed by atoms with Crippen LogP contribution in [0.2, 0.25) is 0 Å². The number of rotatable bonds is 2. The highest BCUT2D eigenvalue weighted by atomic mass is 16.4. The first-order valence-corrected chi connectivity index (χ1v) is 4.29. The highest BCUT2D eigenvalue weighted by Gasteiger charge is 2.34. The molecule has 2 heterocycles. The average Bonchev–Trinajstić information content (AvgIpc) is 2.72. The van der Waals surface area contributed by atoms with E-state index in [1.165, 1.54) is 12.7 Å². The Kier molecular flexibility index (Phi) is 1.93. The molecule has 0 saturated carbocycles. The molecule has 1 N–H and O–H groups in total. The van der Waals surface area contributed by atoms with Gasteiger partial charge in [-0.2, -0.15) is 0 Å². The molecule has 0 aliphatic rings. The van der Waals surface area contributed by atoms with Crippen LogP contribution >= 0.6 is 0 Å². The summed E-state index contributed by atoms with van der Waals surface area (Å²) in [5.74, 6) is 0.852. The standard InChI is InChI=1S/C10H11NO3/c1-7-9(14-6-11-7)10(2,12)8-4-3-5-13-8/h3-6,12H,1-2H3. The third-order valence-corrected chi connectivity index (χ3v) is 2.19. The first-order chi connectivity index (χ1) is 6.62. The number of furan rings is 1. The SMILES string of the molecule is Cc1ncoc1C(C)(O)c1ccco1. The fraction of sp³-hybridized carbons (Fsp3) is 0.300. The third-order valence-electron chi connectivity index (χ3n) is 2.19. The van der Waals surface area contributed by atoms with Crippen molar-refractivity contribution in [2.24, 2.45) is 0 Å². The van der Waals surface area contributed by atoms with Gasteiger partial charge in [-0.3, -0.25) is 0 Å². The van der Waals surface area contributed by atoms with E-state index in [0.717, 1.165) is 0 Å². The Balaban J connectivity index is 2.48. The van der Waals surface area contributed by atoms with Crippen molar-refractivity contribution in [1.82, 2.24) is 4.98 Å². The smallest absolute Gasteiger partial charge is 0.181 e. The minimum atomic E-state index is -1.26. The summed E-state index contributed by atoms with van der Waals surface area (Å²) in [6.07, 6.45) is 2.82. The van der Waals surface area contributed by atoms with E-state index in [0.29, 0.717) is 17.2 Å². The Bertz CT molecular complexity index is 414. The fourth-order valence-electron chi connectivity index (χ4n) is 1.44. The Morgan fingerprint density at radius 2 is 2.21 bits per heavy atom. The zero-order chi connectivity index (χ0) is 10.2. The predicted octanol–water partition coefficient (Wildman–Crippen LogP) is 1.83. The van der Waals surface area contributed by atoms with Crippen molar-refractivity contribution in [1.29, 1.82) is 0 Å². The number of nitrogens with zero attached hydrogens (tertiary/aromatic N) is 1. The summed E-state index contributed by atoms with van der Waals surface area (Å²) in [6.45, 7) is 3.38. The Hall–Kier alpha value is -1.55. The second-order valence-corrected chi connectivity index (χ2v) is 3.32. The molecule has 0 amide bonds. The van der Waals surface area contributed by atoms with E-state index >= 15 is 0 Å². The molecule has 4 nitrogen and oxygen atoms in total. The van der Waals surface area contributed by atoms with Gasteiger partial charge in [-0.05, 0) is 26.0 Å². The average molecular weight is 193 g/mol. The van der Waals surface area contributed by atoms with Crippen molar-refractivity contribution in [3.63, 3.8) is 0 Å². The van der Waals surface area contributed by atoms with Gasteiger partial charge in [0.25, 0.3) is 0 Å². The molecule has 0 saturated heterocycles. The van der Waals surface area contributed by atoms with Gasteiger partial charge in [-0.15, -0.1) is 0 Å². The summed E-state index contributed by atoms with van der Waals surface area (Å²) in [5.41, 5.74) is -0.601. The molecule has 2 aromatic heterocycles. The van der Waals surface area contributed by atoms with Crippen molar-refractivity contribution < 1.29 is 13.9 Å². The molecule has 0 fully saturated rings. The lowest BCUT2D eigenvalue weighted by molar-refractivity contribution is 0.0530. The van der Waals surface area contributed by atoms with Crippen LogP contribution in [0.4, 0.5) is 0 Å². The number of aliphatic hydroxyl groups is 1. The van der Waals surface area contributed by atoms with Crippen LogP contribution in [0, 0.1) is 6.92 Å². The van der Waals surface area contributed by atoms with Crippen LogP contribution < -0.4 is 0 Å². The van der Waals surface area contributed by atoms with Crippen LogP contribution in [0.5, 0.6) is 0 Å². The van der Waals surface area contributed by atoms with E-state index in [2.05, 4.69) is 4.98 Å². The van der Waals surface area contributed by atoms with Crippen molar-refractivity contribution in [2.75, 3.05) is 0 Å².